The van der Waals surface area contributed by atoms with Gasteiger partial charge in [-0.3, -0.25) is 9.88 Å². The fraction of sp³-hybridized carbons (Fsp3) is 0.444. The Balaban J connectivity index is 1.55. The summed E-state index contributed by atoms with van der Waals surface area (Å²) in [4.78, 5) is 12.6. The van der Waals surface area contributed by atoms with E-state index >= 15 is 0 Å². The number of rotatable bonds is 5. The lowest BCUT2D eigenvalue weighted by Crippen LogP contribution is -2.42. The number of pyridine rings is 1. The zero-order valence-corrected chi connectivity index (χ0v) is 14.9. The molecule has 2 fully saturated rings. The van der Waals surface area contributed by atoms with Crippen LogP contribution in [0, 0.1) is 0 Å². The molecule has 2 saturated heterocycles. The number of nitrogens with zero attached hydrogens (tertiary/aromatic N) is 3. The summed E-state index contributed by atoms with van der Waals surface area (Å²) in [5, 5.41) is 4.27. The van der Waals surface area contributed by atoms with E-state index in [2.05, 4.69) is 37.2 Å². The van der Waals surface area contributed by atoms with Gasteiger partial charge in [0.15, 0.2) is 5.11 Å². The van der Waals surface area contributed by atoms with Crippen LogP contribution in [0.3, 0.4) is 0 Å². The van der Waals surface area contributed by atoms with E-state index in [0.29, 0.717) is 0 Å². The quantitative estimate of drug-likeness (QED) is 0.795. The van der Waals surface area contributed by atoms with Crippen LogP contribution in [0.1, 0.15) is 23.5 Å². The average molecular weight is 357 g/mol. The van der Waals surface area contributed by atoms with Gasteiger partial charge >= 0.3 is 0 Å². The van der Waals surface area contributed by atoms with Crippen molar-refractivity contribution in [2.24, 2.45) is 0 Å². The highest BCUT2D eigenvalue weighted by Crippen LogP contribution is 2.37. The third-order valence-electron chi connectivity index (χ3n) is 4.90. The number of aromatic nitrogens is 2. The van der Waals surface area contributed by atoms with E-state index in [9.17, 15) is 0 Å². The van der Waals surface area contributed by atoms with Crippen molar-refractivity contribution in [2.75, 3.05) is 39.4 Å². The van der Waals surface area contributed by atoms with Crippen molar-refractivity contribution >= 4 is 17.3 Å². The van der Waals surface area contributed by atoms with Gasteiger partial charge in [-0.15, -0.1) is 0 Å². The van der Waals surface area contributed by atoms with Crippen LogP contribution in [0.25, 0.3) is 0 Å². The van der Waals surface area contributed by atoms with Crippen LogP contribution in [0.4, 0.5) is 0 Å². The molecule has 0 unspecified atom stereocenters. The molecule has 0 amide bonds. The third kappa shape index (κ3) is 3.53. The number of thiocarbonyl (C=S) groups is 1. The minimum absolute atomic E-state index is 0.0528. The predicted octanol–water partition coefficient (Wildman–Crippen LogP) is 1.71. The number of ether oxygens (including phenoxy) is 1. The minimum Gasteiger partial charge on any atom is -0.379 e. The van der Waals surface area contributed by atoms with Crippen molar-refractivity contribution in [2.45, 2.75) is 12.1 Å². The molecule has 0 bridgehead atoms. The summed E-state index contributed by atoms with van der Waals surface area (Å²) in [6, 6.07) is 10.4. The highest BCUT2D eigenvalue weighted by molar-refractivity contribution is 7.80. The van der Waals surface area contributed by atoms with Gasteiger partial charge in [-0.1, -0.05) is 6.07 Å². The van der Waals surface area contributed by atoms with E-state index in [1.165, 1.54) is 0 Å². The van der Waals surface area contributed by atoms with Crippen molar-refractivity contribution in [1.82, 2.24) is 25.1 Å². The van der Waals surface area contributed by atoms with Gasteiger partial charge in [0.25, 0.3) is 0 Å². The molecule has 25 heavy (non-hydrogen) atoms. The Labute approximate surface area is 153 Å². The zero-order valence-electron chi connectivity index (χ0n) is 14.1. The molecule has 7 heteroatoms. The maximum absolute atomic E-state index is 5.67. The molecule has 4 heterocycles. The van der Waals surface area contributed by atoms with Gasteiger partial charge in [0.05, 0.1) is 31.0 Å². The predicted molar refractivity (Wildman–Crippen MR) is 100 cm³/mol. The van der Waals surface area contributed by atoms with Crippen molar-refractivity contribution in [3.05, 3.63) is 54.1 Å². The summed E-state index contributed by atoms with van der Waals surface area (Å²) >= 11 is 5.67. The molecule has 132 valence electrons. The van der Waals surface area contributed by atoms with Crippen LogP contribution < -0.4 is 5.32 Å². The Morgan fingerprint density at radius 2 is 2.04 bits per heavy atom. The lowest BCUT2D eigenvalue weighted by molar-refractivity contribution is 0.0350. The monoisotopic (exact) mass is 357 g/mol. The van der Waals surface area contributed by atoms with Gasteiger partial charge in [0.1, 0.15) is 0 Å². The molecule has 0 saturated carbocycles. The molecule has 2 aromatic rings. The normalized spacial score (nSPS) is 24.5. The first-order chi connectivity index (χ1) is 12.3. The van der Waals surface area contributed by atoms with Crippen LogP contribution in [0.2, 0.25) is 0 Å². The first-order valence-corrected chi connectivity index (χ1v) is 9.15. The molecular weight excluding hydrogens is 334 g/mol. The number of hydrogen-bond donors (Lipinski definition) is 2. The highest BCUT2D eigenvalue weighted by Gasteiger charge is 2.40. The van der Waals surface area contributed by atoms with E-state index in [4.69, 9.17) is 17.0 Å². The molecule has 4 rings (SSSR count). The van der Waals surface area contributed by atoms with Gasteiger partial charge in [-0.2, -0.15) is 0 Å². The van der Waals surface area contributed by atoms with Gasteiger partial charge in [-0.05, 0) is 36.5 Å². The van der Waals surface area contributed by atoms with Crippen LogP contribution >= 0.6 is 12.2 Å². The van der Waals surface area contributed by atoms with Crippen molar-refractivity contribution in [3.8, 4) is 0 Å². The average Bonchev–Trinajstić information content (AvgIpc) is 3.29. The fourth-order valence-electron chi connectivity index (χ4n) is 3.59. The van der Waals surface area contributed by atoms with E-state index in [1.54, 1.807) is 0 Å². The molecule has 0 spiro atoms. The standard InChI is InChI=1S/C18H23N5OS/c25-18-21-16(14-4-1-2-6-19-14)17(15-5-3-7-20-15)23(18)9-8-22-10-12-24-13-11-22/h1-7,16-17,20H,8-13H2,(H,21,25)/t16-,17+/m0/s1. The van der Waals surface area contributed by atoms with Crippen molar-refractivity contribution in [1.29, 1.82) is 0 Å². The summed E-state index contributed by atoms with van der Waals surface area (Å²) < 4.78 is 5.44. The molecule has 2 N–H and O–H groups in total. The summed E-state index contributed by atoms with van der Waals surface area (Å²) in [6.07, 6.45) is 3.80. The second-order valence-electron chi connectivity index (χ2n) is 6.40. The number of morpholine rings is 1. The Morgan fingerprint density at radius 3 is 2.76 bits per heavy atom. The molecule has 2 atom stereocenters. The largest absolute Gasteiger partial charge is 0.379 e. The number of aromatic amines is 1. The van der Waals surface area contributed by atoms with E-state index < -0.39 is 0 Å². The summed E-state index contributed by atoms with van der Waals surface area (Å²) in [7, 11) is 0. The molecule has 2 aliphatic rings. The maximum Gasteiger partial charge on any atom is 0.170 e. The maximum atomic E-state index is 5.67. The van der Waals surface area contributed by atoms with Crippen molar-refractivity contribution < 1.29 is 4.74 Å². The lowest BCUT2D eigenvalue weighted by atomic mass is 10.0. The Kier molecular flexibility index (Phi) is 4.96. The minimum atomic E-state index is 0.0528. The Bertz CT molecular complexity index is 687. The lowest BCUT2D eigenvalue weighted by Gasteiger charge is -2.31. The molecule has 0 radical (unpaired) electrons. The number of nitrogens with one attached hydrogen (secondary N) is 2. The molecule has 6 nitrogen and oxygen atoms in total. The van der Waals surface area contributed by atoms with Crippen LogP contribution in [0.5, 0.6) is 0 Å². The van der Waals surface area contributed by atoms with Gasteiger partial charge < -0.3 is 19.9 Å². The number of H-pyrrole nitrogens is 1. The summed E-state index contributed by atoms with van der Waals surface area (Å²) in [5.74, 6) is 0. The van der Waals surface area contributed by atoms with Crippen molar-refractivity contribution in [3.63, 3.8) is 0 Å². The Hall–Kier alpha value is -1.96. The molecular formula is C18H23N5OS. The molecule has 2 aromatic heterocycles. The van der Waals surface area contributed by atoms with Gasteiger partial charge in [-0.25, -0.2) is 0 Å². The molecule has 0 aliphatic carbocycles. The first-order valence-electron chi connectivity index (χ1n) is 8.74. The van der Waals surface area contributed by atoms with E-state index in [-0.39, 0.29) is 12.1 Å². The highest BCUT2D eigenvalue weighted by atomic mass is 32.1. The van der Waals surface area contributed by atoms with Crippen LogP contribution in [-0.2, 0) is 4.74 Å². The van der Waals surface area contributed by atoms with Gasteiger partial charge in [0, 0.05) is 44.3 Å². The number of hydrogen-bond acceptors (Lipinski definition) is 4. The van der Waals surface area contributed by atoms with E-state index in [0.717, 1.165) is 55.9 Å². The SMILES string of the molecule is S=C1N[C@@H](c2ccccn2)[C@@H](c2ccc[nH]2)N1CCN1CCOCC1. The smallest absolute Gasteiger partial charge is 0.170 e. The van der Waals surface area contributed by atoms with Crippen LogP contribution in [0.15, 0.2) is 42.7 Å². The Morgan fingerprint density at radius 1 is 1.16 bits per heavy atom. The summed E-state index contributed by atoms with van der Waals surface area (Å²) in [6.45, 7) is 5.49. The topological polar surface area (TPSA) is 56.4 Å². The van der Waals surface area contributed by atoms with Crippen LogP contribution in [-0.4, -0.2) is 64.3 Å². The van der Waals surface area contributed by atoms with Gasteiger partial charge in [0.2, 0.25) is 0 Å². The third-order valence-corrected chi connectivity index (χ3v) is 5.25. The second kappa shape index (κ2) is 7.51. The second-order valence-corrected chi connectivity index (χ2v) is 6.79. The van der Waals surface area contributed by atoms with E-state index in [1.807, 2.05) is 30.6 Å². The molecule has 2 aliphatic heterocycles. The summed E-state index contributed by atoms with van der Waals surface area (Å²) in [5.41, 5.74) is 2.17. The fourth-order valence-corrected chi connectivity index (χ4v) is 3.92. The zero-order chi connectivity index (χ0) is 17.1. The first kappa shape index (κ1) is 16.5. The molecule has 0 aromatic carbocycles.